The summed E-state index contributed by atoms with van der Waals surface area (Å²) in [6.07, 6.45) is 0.653. The molecule has 0 aromatic heterocycles. The van der Waals surface area contributed by atoms with Gasteiger partial charge in [0.15, 0.2) is 0 Å². The number of alkyl halides is 1. The first kappa shape index (κ1) is 8.45. The number of nitrogens with zero attached hydrogens (tertiary/aromatic N) is 2. The number of rotatable bonds is 2. The second kappa shape index (κ2) is 3.30. The van der Waals surface area contributed by atoms with Crippen LogP contribution in [0, 0.1) is 0 Å². The van der Waals surface area contributed by atoms with Crippen molar-refractivity contribution >= 4 is 0 Å². The molecule has 2 nitrogen and oxygen atoms in total. The molecule has 0 saturated carbocycles. The van der Waals surface area contributed by atoms with Gasteiger partial charge in [-0.1, -0.05) is 6.92 Å². The molecule has 0 radical (unpaired) electrons. The zero-order chi connectivity index (χ0) is 8.55. The zero-order valence-corrected chi connectivity index (χ0v) is 7.67. The highest BCUT2D eigenvalue weighted by Gasteiger charge is 2.37. The van der Waals surface area contributed by atoms with Crippen LogP contribution in [0.25, 0.3) is 0 Å². The van der Waals surface area contributed by atoms with Gasteiger partial charge in [0.1, 0.15) is 6.17 Å². The molecule has 0 aliphatic carbocycles. The van der Waals surface area contributed by atoms with Gasteiger partial charge in [0.25, 0.3) is 0 Å². The molecule has 2 atom stereocenters. The van der Waals surface area contributed by atoms with Crippen molar-refractivity contribution in [2.45, 2.75) is 25.6 Å². The lowest BCUT2D eigenvalue weighted by Crippen LogP contribution is -2.49. The quantitative estimate of drug-likeness (QED) is 0.606. The average Bonchev–Trinajstić information content (AvgIpc) is 2.29. The van der Waals surface area contributed by atoms with Crippen LogP contribution in [0.15, 0.2) is 0 Å². The van der Waals surface area contributed by atoms with E-state index in [9.17, 15) is 4.39 Å². The molecule has 0 spiro atoms. The minimum absolute atomic E-state index is 0.207. The first-order chi connectivity index (χ1) is 5.81. The molecule has 3 heteroatoms. The van der Waals surface area contributed by atoms with Gasteiger partial charge in [0, 0.05) is 13.1 Å². The highest BCUT2D eigenvalue weighted by atomic mass is 19.1. The minimum atomic E-state index is -0.606. The van der Waals surface area contributed by atoms with E-state index in [4.69, 9.17) is 0 Å². The van der Waals surface area contributed by atoms with Crippen molar-refractivity contribution in [2.24, 2.45) is 0 Å². The fraction of sp³-hybridized carbons (Fsp3) is 1.00. The van der Waals surface area contributed by atoms with Crippen LogP contribution in [0.1, 0.15) is 13.3 Å². The van der Waals surface area contributed by atoms with Crippen LogP contribution in [-0.4, -0.2) is 54.7 Å². The minimum Gasteiger partial charge on any atom is -0.299 e. The molecule has 0 N–H and O–H groups in total. The molecule has 2 rings (SSSR count). The Labute approximate surface area is 73.3 Å². The van der Waals surface area contributed by atoms with Gasteiger partial charge in [-0.15, -0.1) is 0 Å². The second-order valence-corrected chi connectivity index (χ2v) is 3.83. The van der Waals surface area contributed by atoms with Crippen molar-refractivity contribution in [3.05, 3.63) is 0 Å². The Bertz CT molecular complexity index is 159. The Kier molecular flexibility index (Phi) is 2.33. The molecule has 2 unspecified atom stereocenters. The molecule has 2 heterocycles. The third kappa shape index (κ3) is 1.36. The summed E-state index contributed by atoms with van der Waals surface area (Å²) in [5.41, 5.74) is 0. The molecule has 12 heavy (non-hydrogen) atoms. The van der Waals surface area contributed by atoms with Crippen LogP contribution < -0.4 is 0 Å². The van der Waals surface area contributed by atoms with E-state index < -0.39 is 6.17 Å². The van der Waals surface area contributed by atoms with Gasteiger partial charge in [0.05, 0.1) is 6.04 Å². The summed E-state index contributed by atoms with van der Waals surface area (Å²) in [5.74, 6) is 0. The maximum Gasteiger partial charge on any atom is 0.129 e. The van der Waals surface area contributed by atoms with Gasteiger partial charge in [-0.2, -0.15) is 0 Å². The molecule has 2 aliphatic rings. The summed E-state index contributed by atoms with van der Waals surface area (Å²) in [7, 11) is 0. The Morgan fingerprint density at radius 3 is 2.50 bits per heavy atom. The van der Waals surface area contributed by atoms with E-state index in [0.717, 1.165) is 26.2 Å². The Morgan fingerprint density at radius 2 is 2.08 bits per heavy atom. The highest BCUT2D eigenvalue weighted by molar-refractivity contribution is 4.93. The highest BCUT2D eigenvalue weighted by Crippen LogP contribution is 2.22. The molecule has 0 aromatic rings. The number of hydrogen-bond acceptors (Lipinski definition) is 2. The lowest BCUT2D eigenvalue weighted by molar-refractivity contribution is 0.0837. The maximum absolute atomic E-state index is 13.4. The van der Waals surface area contributed by atoms with Crippen LogP contribution in [0.5, 0.6) is 0 Å². The number of likely N-dealkylation sites (N-methyl/N-ethyl adjacent to an activating group) is 1. The van der Waals surface area contributed by atoms with Crippen LogP contribution in [0.2, 0.25) is 0 Å². The van der Waals surface area contributed by atoms with E-state index in [-0.39, 0.29) is 6.04 Å². The Balaban J connectivity index is 1.89. The van der Waals surface area contributed by atoms with Gasteiger partial charge in [-0.3, -0.25) is 9.80 Å². The fourth-order valence-electron chi connectivity index (χ4n) is 2.10. The van der Waals surface area contributed by atoms with Gasteiger partial charge in [-0.25, -0.2) is 4.39 Å². The molecular weight excluding hydrogens is 155 g/mol. The summed E-state index contributed by atoms with van der Waals surface area (Å²) in [6, 6.07) is 0.207. The van der Waals surface area contributed by atoms with E-state index >= 15 is 0 Å². The van der Waals surface area contributed by atoms with Crippen LogP contribution in [0.4, 0.5) is 4.39 Å². The van der Waals surface area contributed by atoms with Gasteiger partial charge in [-0.05, 0) is 26.1 Å². The fourth-order valence-corrected chi connectivity index (χ4v) is 2.10. The molecule has 2 fully saturated rings. The van der Waals surface area contributed by atoms with Crippen LogP contribution in [0.3, 0.4) is 0 Å². The number of halogens is 1. The Morgan fingerprint density at radius 1 is 1.33 bits per heavy atom. The maximum atomic E-state index is 13.4. The first-order valence-corrected chi connectivity index (χ1v) is 4.91. The summed E-state index contributed by atoms with van der Waals surface area (Å²) in [6.45, 7) is 6.91. The van der Waals surface area contributed by atoms with Crippen LogP contribution in [-0.2, 0) is 0 Å². The summed E-state index contributed by atoms with van der Waals surface area (Å²) in [5, 5.41) is 0. The standard InChI is InChI=1S/C9H17FN2/c1-2-11-6-8(10)9(7-11)12-4-3-5-12/h8-9H,2-7H2,1H3. The third-order valence-corrected chi connectivity index (χ3v) is 3.10. The SMILES string of the molecule is CCN1CC(F)C(N2CCC2)C1. The predicted molar refractivity (Wildman–Crippen MR) is 47.0 cm³/mol. The third-order valence-electron chi connectivity index (χ3n) is 3.10. The predicted octanol–water partition coefficient (Wildman–Crippen LogP) is 0.734. The topological polar surface area (TPSA) is 6.48 Å². The number of likely N-dealkylation sites (tertiary alicyclic amines) is 2. The summed E-state index contributed by atoms with van der Waals surface area (Å²) >= 11 is 0. The lowest BCUT2D eigenvalue weighted by atomic mass is 10.1. The smallest absolute Gasteiger partial charge is 0.129 e. The average molecular weight is 172 g/mol. The zero-order valence-electron chi connectivity index (χ0n) is 7.67. The largest absolute Gasteiger partial charge is 0.299 e. The first-order valence-electron chi connectivity index (χ1n) is 4.91. The van der Waals surface area contributed by atoms with Crippen molar-refractivity contribution in [3.63, 3.8) is 0 Å². The van der Waals surface area contributed by atoms with Crippen molar-refractivity contribution < 1.29 is 4.39 Å². The van der Waals surface area contributed by atoms with E-state index in [2.05, 4.69) is 16.7 Å². The normalized spacial score (nSPS) is 38.5. The van der Waals surface area contributed by atoms with E-state index in [0.29, 0.717) is 6.54 Å². The van der Waals surface area contributed by atoms with E-state index in [1.807, 2.05) is 0 Å². The molecule has 2 saturated heterocycles. The molecule has 0 aromatic carbocycles. The van der Waals surface area contributed by atoms with Crippen LogP contribution >= 0.6 is 0 Å². The monoisotopic (exact) mass is 172 g/mol. The van der Waals surface area contributed by atoms with Crippen molar-refractivity contribution in [1.82, 2.24) is 9.80 Å². The Hall–Kier alpha value is -0.150. The molecule has 70 valence electrons. The van der Waals surface area contributed by atoms with Gasteiger partial charge < -0.3 is 0 Å². The van der Waals surface area contributed by atoms with Gasteiger partial charge in [0.2, 0.25) is 0 Å². The second-order valence-electron chi connectivity index (χ2n) is 3.83. The summed E-state index contributed by atoms with van der Waals surface area (Å²) < 4.78 is 13.4. The van der Waals surface area contributed by atoms with Gasteiger partial charge >= 0.3 is 0 Å². The van der Waals surface area contributed by atoms with Crippen molar-refractivity contribution in [1.29, 1.82) is 0 Å². The van der Waals surface area contributed by atoms with Crippen molar-refractivity contribution in [2.75, 3.05) is 32.7 Å². The molecular formula is C9H17FN2. The van der Waals surface area contributed by atoms with Crippen molar-refractivity contribution in [3.8, 4) is 0 Å². The molecule has 0 amide bonds. The summed E-state index contributed by atoms with van der Waals surface area (Å²) in [4.78, 5) is 4.48. The lowest BCUT2D eigenvalue weighted by Gasteiger charge is -2.37. The van der Waals surface area contributed by atoms with E-state index in [1.54, 1.807) is 0 Å². The molecule has 2 aliphatic heterocycles. The molecule has 0 bridgehead atoms. The number of hydrogen-bond donors (Lipinski definition) is 0. The van der Waals surface area contributed by atoms with E-state index in [1.165, 1.54) is 6.42 Å².